The largest absolute Gasteiger partial charge is 0.481 e. The second-order valence-corrected chi connectivity index (χ2v) is 9.42. The summed E-state index contributed by atoms with van der Waals surface area (Å²) in [6, 6.07) is 16.1. The van der Waals surface area contributed by atoms with Gasteiger partial charge in [0.05, 0.1) is 18.4 Å². The summed E-state index contributed by atoms with van der Waals surface area (Å²) >= 11 is 0. The maximum Gasteiger partial charge on any atom is 0.407 e. The first-order chi connectivity index (χ1) is 16.9. The molecular weight excluding hydrogens is 448 g/mol. The summed E-state index contributed by atoms with van der Waals surface area (Å²) in [7, 11) is 0. The Hall–Kier alpha value is -3.39. The van der Waals surface area contributed by atoms with E-state index < -0.39 is 18.2 Å². The molecule has 4 rings (SSSR count). The van der Waals surface area contributed by atoms with Crippen LogP contribution in [0.25, 0.3) is 11.1 Å². The summed E-state index contributed by atoms with van der Waals surface area (Å²) in [4.78, 5) is 35.4. The SMILES string of the molecule is O=C(CC(O)CNC(=O)OCC1c2ccccc2-c2ccccc21)NCC1CCC(C(=O)O)CC1. The molecule has 2 aliphatic rings. The van der Waals surface area contributed by atoms with Crippen LogP contribution >= 0.6 is 0 Å². The van der Waals surface area contributed by atoms with Gasteiger partial charge in [0, 0.05) is 19.0 Å². The lowest BCUT2D eigenvalue weighted by molar-refractivity contribution is -0.143. The second-order valence-electron chi connectivity index (χ2n) is 9.42. The molecule has 0 saturated heterocycles. The molecule has 0 bridgehead atoms. The molecule has 186 valence electrons. The van der Waals surface area contributed by atoms with Gasteiger partial charge < -0.3 is 25.6 Å². The van der Waals surface area contributed by atoms with E-state index >= 15 is 0 Å². The van der Waals surface area contributed by atoms with Gasteiger partial charge in [-0.2, -0.15) is 0 Å². The van der Waals surface area contributed by atoms with Crippen LogP contribution < -0.4 is 10.6 Å². The van der Waals surface area contributed by atoms with Crippen LogP contribution in [0.4, 0.5) is 4.79 Å². The van der Waals surface area contributed by atoms with Crippen LogP contribution in [0.1, 0.15) is 49.1 Å². The van der Waals surface area contributed by atoms with Gasteiger partial charge in [-0.05, 0) is 53.9 Å². The Balaban J connectivity index is 1.16. The summed E-state index contributed by atoms with van der Waals surface area (Å²) in [5.74, 6) is -1.13. The third-order valence-electron chi connectivity index (χ3n) is 7.03. The van der Waals surface area contributed by atoms with Gasteiger partial charge >= 0.3 is 12.1 Å². The number of benzene rings is 2. The first kappa shape index (κ1) is 24.7. The average molecular weight is 481 g/mol. The van der Waals surface area contributed by atoms with E-state index in [-0.39, 0.29) is 43.2 Å². The number of carbonyl (C=O) groups excluding carboxylic acids is 2. The number of aliphatic hydroxyl groups is 1. The predicted octanol–water partition coefficient (Wildman–Crippen LogP) is 3.28. The molecule has 0 aliphatic heterocycles. The zero-order valence-electron chi connectivity index (χ0n) is 19.6. The van der Waals surface area contributed by atoms with Gasteiger partial charge in [-0.1, -0.05) is 48.5 Å². The van der Waals surface area contributed by atoms with Crippen molar-refractivity contribution in [2.75, 3.05) is 19.7 Å². The van der Waals surface area contributed by atoms with E-state index in [1.807, 2.05) is 36.4 Å². The fraction of sp³-hybridized carbons (Fsp3) is 0.444. The quantitative estimate of drug-likeness (QED) is 0.437. The maximum absolute atomic E-state index is 12.2. The number of rotatable bonds is 9. The Kier molecular flexibility index (Phi) is 8.02. The van der Waals surface area contributed by atoms with Gasteiger partial charge in [0.25, 0.3) is 0 Å². The molecule has 35 heavy (non-hydrogen) atoms. The Labute approximate surface area is 204 Å². The molecule has 4 N–H and O–H groups in total. The molecule has 2 aromatic rings. The minimum Gasteiger partial charge on any atom is -0.481 e. The van der Waals surface area contributed by atoms with Crippen LogP contribution in [0.5, 0.6) is 0 Å². The van der Waals surface area contributed by atoms with Crippen molar-refractivity contribution in [2.45, 2.75) is 44.1 Å². The van der Waals surface area contributed by atoms with Gasteiger partial charge in [0.15, 0.2) is 0 Å². The topological polar surface area (TPSA) is 125 Å². The fourth-order valence-corrected chi connectivity index (χ4v) is 5.08. The summed E-state index contributed by atoms with van der Waals surface area (Å²) in [6.07, 6.45) is 0.991. The number of amides is 2. The maximum atomic E-state index is 12.2. The first-order valence-corrected chi connectivity index (χ1v) is 12.2. The molecule has 8 heteroatoms. The molecule has 0 spiro atoms. The molecule has 1 unspecified atom stereocenters. The molecule has 1 atom stereocenters. The van der Waals surface area contributed by atoms with Gasteiger partial charge in [-0.3, -0.25) is 9.59 Å². The highest BCUT2D eigenvalue weighted by atomic mass is 16.5. The van der Waals surface area contributed by atoms with Crippen molar-refractivity contribution >= 4 is 18.0 Å². The molecule has 2 aliphatic carbocycles. The van der Waals surface area contributed by atoms with Crippen molar-refractivity contribution in [3.05, 3.63) is 59.7 Å². The van der Waals surface area contributed by atoms with Gasteiger partial charge in [0.2, 0.25) is 5.91 Å². The normalized spacial score (nSPS) is 19.8. The Morgan fingerprint density at radius 2 is 1.51 bits per heavy atom. The van der Waals surface area contributed by atoms with Crippen LogP contribution in [-0.4, -0.2) is 54.0 Å². The average Bonchev–Trinajstić information content (AvgIpc) is 3.19. The molecule has 0 aromatic heterocycles. The van der Waals surface area contributed by atoms with E-state index in [0.29, 0.717) is 19.4 Å². The Bertz CT molecular complexity index is 1020. The van der Waals surface area contributed by atoms with E-state index in [9.17, 15) is 19.5 Å². The van der Waals surface area contributed by atoms with Crippen molar-refractivity contribution in [1.82, 2.24) is 10.6 Å². The van der Waals surface area contributed by atoms with Crippen LogP contribution in [0.2, 0.25) is 0 Å². The number of carboxylic acids is 1. The van der Waals surface area contributed by atoms with Gasteiger partial charge in [0.1, 0.15) is 6.61 Å². The Morgan fingerprint density at radius 1 is 0.914 bits per heavy atom. The van der Waals surface area contributed by atoms with E-state index in [4.69, 9.17) is 9.84 Å². The van der Waals surface area contributed by atoms with Crippen LogP contribution in [0, 0.1) is 11.8 Å². The Morgan fingerprint density at radius 3 is 2.11 bits per heavy atom. The highest BCUT2D eigenvalue weighted by Crippen LogP contribution is 2.44. The van der Waals surface area contributed by atoms with Crippen molar-refractivity contribution in [1.29, 1.82) is 0 Å². The molecule has 1 fully saturated rings. The standard InChI is InChI=1S/C27H32N2O6/c30-19(13-25(31)28-14-17-9-11-18(12-10-17)26(32)33)15-29-27(34)35-16-24-22-7-3-1-5-20(22)21-6-2-4-8-23(21)24/h1-8,17-19,24,30H,9-16H2,(H,28,31)(H,29,34)(H,32,33). The highest BCUT2D eigenvalue weighted by molar-refractivity contribution is 5.79. The molecule has 0 heterocycles. The lowest BCUT2D eigenvalue weighted by atomic mass is 9.82. The third kappa shape index (κ3) is 6.19. The number of aliphatic carboxylic acids is 1. The van der Waals surface area contributed by atoms with Crippen molar-refractivity contribution in [3.63, 3.8) is 0 Å². The number of hydrogen-bond acceptors (Lipinski definition) is 5. The molecule has 2 amide bonds. The van der Waals surface area contributed by atoms with E-state index in [1.165, 1.54) is 0 Å². The summed E-state index contributed by atoms with van der Waals surface area (Å²) in [5, 5.41) is 24.5. The predicted molar refractivity (Wildman–Crippen MR) is 130 cm³/mol. The summed E-state index contributed by atoms with van der Waals surface area (Å²) < 4.78 is 5.44. The van der Waals surface area contributed by atoms with E-state index in [2.05, 4.69) is 22.8 Å². The second kappa shape index (κ2) is 11.4. The zero-order chi connectivity index (χ0) is 24.8. The minimum absolute atomic E-state index is 0.0468. The lowest BCUT2D eigenvalue weighted by Gasteiger charge is -2.26. The number of nitrogens with one attached hydrogen (secondary N) is 2. The van der Waals surface area contributed by atoms with Crippen LogP contribution in [0.15, 0.2) is 48.5 Å². The number of aliphatic hydroxyl groups excluding tert-OH is 1. The minimum atomic E-state index is -1.03. The summed E-state index contributed by atoms with van der Waals surface area (Å²) in [6.45, 7) is 0.562. The monoisotopic (exact) mass is 480 g/mol. The zero-order valence-corrected chi connectivity index (χ0v) is 19.6. The molecule has 8 nitrogen and oxygen atoms in total. The third-order valence-corrected chi connectivity index (χ3v) is 7.03. The number of carbonyl (C=O) groups is 3. The highest BCUT2D eigenvalue weighted by Gasteiger charge is 2.29. The van der Waals surface area contributed by atoms with E-state index in [0.717, 1.165) is 35.1 Å². The lowest BCUT2D eigenvalue weighted by Crippen LogP contribution is -2.38. The van der Waals surface area contributed by atoms with Crippen molar-refractivity contribution in [3.8, 4) is 11.1 Å². The first-order valence-electron chi connectivity index (χ1n) is 12.2. The van der Waals surface area contributed by atoms with E-state index in [1.54, 1.807) is 0 Å². The van der Waals surface area contributed by atoms with Gasteiger partial charge in [-0.25, -0.2) is 4.79 Å². The van der Waals surface area contributed by atoms with Crippen molar-refractivity contribution in [2.24, 2.45) is 11.8 Å². The van der Waals surface area contributed by atoms with Crippen LogP contribution in [-0.2, 0) is 14.3 Å². The number of fused-ring (bicyclic) bond motifs is 3. The number of alkyl carbamates (subject to hydrolysis) is 1. The molecule has 0 radical (unpaired) electrons. The smallest absolute Gasteiger partial charge is 0.407 e. The van der Waals surface area contributed by atoms with Crippen molar-refractivity contribution < 1.29 is 29.3 Å². The summed E-state index contributed by atoms with van der Waals surface area (Å²) in [5.41, 5.74) is 4.53. The molecular formula is C27H32N2O6. The van der Waals surface area contributed by atoms with Crippen LogP contribution in [0.3, 0.4) is 0 Å². The number of carboxylic acid groups (broad SMARTS) is 1. The fourth-order valence-electron chi connectivity index (χ4n) is 5.08. The number of ether oxygens (including phenoxy) is 1. The molecule has 1 saturated carbocycles. The number of hydrogen-bond donors (Lipinski definition) is 4. The molecule has 2 aromatic carbocycles. The van der Waals surface area contributed by atoms with Gasteiger partial charge in [-0.15, -0.1) is 0 Å².